The van der Waals surface area contributed by atoms with Crippen LogP contribution in [-0.2, 0) is 0 Å². The van der Waals surface area contributed by atoms with Gasteiger partial charge in [0, 0.05) is 46.6 Å². The van der Waals surface area contributed by atoms with Crippen LogP contribution in [0.15, 0.2) is 48.7 Å². The average molecular weight is 400 g/mol. The summed E-state index contributed by atoms with van der Waals surface area (Å²) >= 11 is 6.17. The van der Waals surface area contributed by atoms with Gasteiger partial charge < -0.3 is 15.3 Å². The van der Waals surface area contributed by atoms with E-state index in [0.717, 1.165) is 53.8 Å². The van der Waals surface area contributed by atoms with E-state index in [1.807, 2.05) is 37.3 Å². The maximum absolute atomic E-state index is 14.1. The van der Waals surface area contributed by atoms with Crippen LogP contribution in [0, 0.1) is 5.82 Å². The Morgan fingerprint density at radius 1 is 1.18 bits per heavy atom. The molecule has 28 heavy (non-hydrogen) atoms. The summed E-state index contributed by atoms with van der Waals surface area (Å²) in [5.41, 5.74) is 3.66. The SMILES string of the molecule is CC(Nc1ccnc2ccc(Cl)cc12)c1cc(F)ccc1N1CCC(O)CC1. The molecule has 1 unspecified atom stereocenters. The van der Waals surface area contributed by atoms with Gasteiger partial charge in [0.05, 0.1) is 17.7 Å². The number of aliphatic hydroxyl groups is 1. The van der Waals surface area contributed by atoms with Crippen molar-refractivity contribution in [2.75, 3.05) is 23.3 Å². The highest BCUT2D eigenvalue weighted by atomic mass is 35.5. The van der Waals surface area contributed by atoms with Crippen molar-refractivity contribution in [1.82, 2.24) is 4.98 Å². The molecule has 3 aromatic rings. The molecular weight excluding hydrogens is 377 g/mol. The zero-order valence-corrected chi connectivity index (χ0v) is 16.5. The van der Waals surface area contributed by atoms with E-state index >= 15 is 0 Å². The number of halogens is 2. The van der Waals surface area contributed by atoms with E-state index in [9.17, 15) is 9.50 Å². The van der Waals surface area contributed by atoms with Crippen molar-refractivity contribution >= 4 is 33.9 Å². The molecule has 0 spiro atoms. The Kier molecular flexibility index (Phi) is 5.38. The predicted octanol–water partition coefficient (Wildman–Crippen LogP) is 5.16. The smallest absolute Gasteiger partial charge is 0.123 e. The number of nitrogens with zero attached hydrogens (tertiary/aromatic N) is 2. The van der Waals surface area contributed by atoms with Gasteiger partial charge in [-0.25, -0.2) is 4.39 Å². The Bertz CT molecular complexity index is 989. The number of hydrogen-bond donors (Lipinski definition) is 2. The van der Waals surface area contributed by atoms with Gasteiger partial charge in [0.15, 0.2) is 0 Å². The Labute approximate surface area is 169 Å². The highest BCUT2D eigenvalue weighted by molar-refractivity contribution is 6.31. The van der Waals surface area contributed by atoms with Gasteiger partial charge in [0.2, 0.25) is 0 Å². The molecule has 1 atom stereocenters. The van der Waals surface area contributed by atoms with Gasteiger partial charge in [-0.2, -0.15) is 0 Å². The lowest BCUT2D eigenvalue weighted by atomic mass is 10.0. The van der Waals surface area contributed by atoms with Gasteiger partial charge in [0.25, 0.3) is 0 Å². The standard InChI is InChI=1S/C22H23ClFN3O/c1-14(26-21-6-9-25-20-4-2-15(23)12-19(20)21)18-13-16(24)3-5-22(18)27-10-7-17(28)8-11-27/h2-6,9,12-14,17,28H,7-8,10-11H2,1H3,(H,25,26). The summed E-state index contributed by atoms with van der Waals surface area (Å²) in [6.45, 7) is 3.55. The van der Waals surface area contributed by atoms with Crippen LogP contribution in [0.4, 0.5) is 15.8 Å². The summed E-state index contributed by atoms with van der Waals surface area (Å²) in [7, 11) is 0. The average Bonchev–Trinajstić information content (AvgIpc) is 2.69. The summed E-state index contributed by atoms with van der Waals surface area (Å²) < 4.78 is 14.1. The van der Waals surface area contributed by atoms with Crippen LogP contribution >= 0.6 is 11.6 Å². The molecule has 1 fully saturated rings. The van der Waals surface area contributed by atoms with Crippen LogP contribution in [-0.4, -0.2) is 29.3 Å². The van der Waals surface area contributed by atoms with E-state index < -0.39 is 0 Å². The maximum Gasteiger partial charge on any atom is 0.123 e. The number of hydrogen-bond acceptors (Lipinski definition) is 4. The molecule has 1 aliphatic heterocycles. The van der Waals surface area contributed by atoms with Crippen molar-refractivity contribution in [2.45, 2.75) is 31.9 Å². The Morgan fingerprint density at radius 2 is 1.96 bits per heavy atom. The number of piperidine rings is 1. The van der Waals surface area contributed by atoms with E-state index in [4.69, 9.17) is 11.6 Å². The van der Waals surface area contributed by atoms with Crippen molar-refractivity contribution < 1.29 is 9.50 Å². The fourth-order valence-electron chi connectivity index (χ4n) is 3.82. The van der Waals surface area contributed by atoms with Gasteiger partial charge in [-0.15, -0.1) is 0 Å². The lowest BCUT2D eigenvalue weighted by Crippen LogP contribution is -2.36. The second kappa shape index (κ2) is 7.94. The first-order valence-electron chi connectivity index (χ1n) is 9.54. The van der Waals surface area contributed by atoms with Gasteiger partial charge >= 0.3 is 0 Å². The third-order valence-electron chi connectivity index (χ3n) is 5.34. The zero-order valence-electron chi connectivity index (χ0n) is 15.7. The lowest BCUT2D eigenvalue weighted by molar-refractivity contribution is 0.145. The van der Waals surface area contributed by atoms with Gasteiger partial charge in [-0.3, -0.25) is 4.98 Å². The van der Waals surface area contributed by atoms with Crippen molar-refractivity contribution in [3.63, 3.8) is 0 Å². The van der Waals surface area contributed by atoms with Gasteiger partial charge in [0.1, 0.15) is 5.82 Å². The number of pyridine rings is 1. The Hall–Kier alpha value is -2.37. The van der Waals surface area contributed by atoms with E-state index in [1.165, 1.54) is 6.07 Å². The Balaban J connectivity index is 1.66. The third kappa shape index (κ3) is 3.91. The summed E-state index contributed by atoms with van der Waals surface area (Å²) in [5, 5.41) is 14.9. The van der Waals surface area contributed by atoms with Crippen molar-refractivity contribution in [3.05, 3.63) is 65.1 Å². The molecule has 4 nitrogen and oxygen atoms in total. The largest absolute Gasteiger partial charge is 0.393 e. The van der Waals surface area contributed by atoms with E-state index in [-0.39, 0.29) is 18.0 Å². The fourth-order valence-corrected chi connectivity index (χ4v) is 3.99. The zero-order chi connectivity index (χ0) is 19.7. The number of fused-ring (bicyclic) bond motifs is 1. The second-order valence-electron chi connectivity index (χ2n) is 7.31. The summed E-state index contributed by atoms with van der Waals surface area (Å²) in [6.07, 6.45) is 2.96. The minimum atomic E-state index is -0.257. The number of anilines is 2. The quantitative estimate of drug-likeness (QED) is 0.636. The Morgan fingerprint density at radius 3 is 2.75 bits per heavy atom. The molecule has 2 aromatic carbocycles. The molecule has 2 heterocycles. The number of rotatable bonds is 4. The molecule has 2 N–H and O–H groups in total. The number of nitrogens with one attached hydrogen (secondary N) is 1. The van der Waals surface area contributed by atoms with Gasteiger partial charge in [-0.1, -0.05) is 11.6 Å². The van der Waals surface area contributed by atoms with Crippen LogP contribution in [0.5, 0.6) is 0 Å². The fraction of sp³-hybridized carbons (Fsp3) is 0.318. The molecule has 1 aromatic heterocycles. The minimum Gasteiger partial charge on any atom is -0.393 e. The predicted molar refractivity (Wildman–Crippen MR) is 113 cm³/mol. The van der Waals surface area contributed by atoms with Crippen LogP contribution in [0.1, 0.15) is 31.4 Å². The molecule has 0 saturated carbocycles. The van der Waals surface area contributed by atoms with Crippen LogP contribution in [0.2, 0.25) is 5.02 Å². The maximum atomic E-state index is 14.1. The molecule has 0 bridgehead atoms. The lowest BCUT2D eigenvalue weighted by Gasteiger charge is -2.34. The molecule has 0 amide bonds. The molecule has 146 valence electrons. The van der Waals surface area contributed by atoms with E-state index in [1.54, 1.807) is 12.3 Å². The monoisotopic (exact) mass is 399 g/mol. The summed E-state index contributed by atoms with van der Waals surface area (Å²) in [6, 6.07) is 12.3. The van der Waals surface area contributed by atoms with Crippen LogP contribution < -0.4 is 10.2 Å². The third-order valence-corrected chi connectivity index (χ3v) is 5.57. The normalized spacial score (nSPS) is 16.4. The van der Waals surface area contributed by atoms with Crippen LogP contribution in [0.3, 0.4) is 0 Å². The number of benzene rings is 2. The topological polar surface area (TPSA) is 48.4 Å². The first kappa shape index (κ1) is 19.0. The first-order valence-corrected chi connectivity index (χ1v) is 9.92. The van der Waals surface area contributed by atoms with E-state index in [2.05, 4.69) is 15.2 Å². The van der Waals surface area contributed by atoms with Crippen molar-refractivity contribution in [2.24, 2.45) is 0 Å². The molecular formula is C22H23ClFN3O. The first-order chi connectivity index (χ1) is 13.5. The van der Waals surface area contributed by atoms with Gasteiger partial charge in [-0.05, 0) is 62.2 Å². The minimum absolute atomic E-state index is 0.123. The molecule has 4 rings (SSSR count). The van der Waals surface area contributed by atoms with E-state index in [0.29, 0.717) is 5.02 Å². The number of aromatic nitrogens is 1. The highest BCUT2D eigenvalue weighted by Crippen LogP contribution is 2.33. The van der Waals surface area contributed by atoms with Crippen molar-refractivity contribution in [3.8, 4) is 0 Å². The molecule has 6 heteroatoms. The molecule has 0 aliphatic carbocycles. The highest BCUT2D eigenvalue weighted by Gasteiger charge is 2.22. The second-order valence-corrected chi connectivity index (χ2v) is 7.74. The molecule has 1 aliphatic rings. The summed E-state index contributed by atoms with van der Waals surface area (Å²) in [5.74, 6) is -0.257. The summed E-state index contributed by atoms with van der Waals surface area (Å²) in [4.78, 5) is 6.61. The van der Waals surface area contributed by atoms with Crippen molar-refractivity contribution in [1.29, 1.82) is 0 Å². The molecule has 0 radical (unpaired) electrons. The molecule has 1 saturated heterocycles. The number of aliphatic hydroxyl groups excluding tert-OH is 1. The van der Waals surface area contributed by atoms with Crippen LogP contribution in [0.25, 0.3) is 10.9 Å².